The van der Waals surface area contributed by atoms with E-state index in [-0.39, 0.29) is 12.1 Å². The van der Waals surface area contributed by atoms with Gasteiger partial charge in [-0.15, -0.1) is 0 Å². The van der Waals surface area contributed by atoms with Gasteiger partial charge in [-0.25, -0.2) is 4.79 Å². The van der Waals surface area contributed by atoms with Crippen LogP contribution in [0.1, 0.15) is 43.2 Å². The summed E-state index contributed by atoms with van der Waals surface area (Å²) in [6, 6.07) is 5.31. The number of urea groups is 1. The third-order valence-electron chi connectivity index (χ3n) is 3.75. The van der Waals surface area contributed by atoms with Crippen LogP contribution in [0.2, 0.25) is 0 Å². The average Bonchev–Trinajstić information content (AvgIpc) is 3.06. The number of nitrogens with one attached hydrogen (secondary N) is 1. The fraction of sp³-hybridized carbons (Fsp3) is 0.467. The molecular weight excluding hydrogens is 270 g/mol. The van der Waals surface area contributed by atoms with Gasteiger partial charge < -0.3 is 13.8 Å². The number of carbonyl (C=O) groups excluding carboxylic acids is 1. The second kappa shape index (κ2) is 6.03. The van der Waals surface area contributed by atoms with Crippen molar-refractivity contribution in [3.63, 3.8) is 0 Å². The van der Waals surface area contributed by atoms with Crippen LogP contribution in [0.25, 0.3) is 0 Å². The van der Waals surface area contributed by atoms with E-state index in [2.05, 4.69) is 10.5 Å². The lowest BCUT2D eigenvalue weighted by molar-refractivity contribution is 0.179. The van der Waals surface area contributed by atoms with E-state index in [1.807, 2.05) is 17.0 Å². The van der Waals surface area contributed by atoms with Crippen molar-refractivity contribution in [1.82, 2.24) is 10.1 Å². The van der Waals surface area contributed by atoms with Gasteiger partial charge >= 0.3 is 6.03 Å². The number of hydrogen-bond acceptors (Lipinski definition) is 4. The molecule has 0 aliphatic carbocycles. The summed E-state index contributed by atoms with van der Waals surface area (Å²) >= 11 is 0. The second-order valence-electron chi connectivity index (χ2n) is 5.33. The number of anilines is 1. The molecule has 112 valence electrons. The third-order valence-corrected chi connectivity index (χ3v) is 3.75. The zero-order valence-corrected chi connectivity index (χ0v) is 12.0. The Kier molecular flexibility index (Phi) is 3.94. The smallest absolute Gasteiger partial charge is 0.323 e. The first-order valence-corrected chi connectivity index (χ1v) is 7.28. The molecule has 1 saturated heterocycles. The van der Waals surface area contributed by atoms with E-state index in [1.165, 1.54) is 0 Å². The molecule has 1 aliphatic rings. The van der Waals surface area contributed by atoms with Crippen LogP contribution in [-0.4, -0.2) is 22.6 Å². The molecule has 2 amide bonds. The molecule has 3 rings (SSSR count). The summed E-state index contributed by atoms with van der Waals surface area (Å²) in [6.45, 7) is 2.51. The van der Waals surface area contributed by atoms with E-state index in [0.29, 0.717) is 18.1 Å². The molecule has 1 atom stereocenters. The molecule has 0 spiro atoms. The molecule has 3 heterocycles. The Morgan fingerprint density at radius 3 is 3.05 bits per heavy atom. The van der Waals surface area contributed by atoms with Gasteiger partial charge in [0.25, 0.3) is 0 Å². The minimum atomic E-state index is -0.161. The summed E-state index contributed by atoms with van der Waals surface area (Å²) in [4.78, 5) is 14.4. The number of furan rings is 1. The van der Waals surface area contributed by atoms with Crippen molar-refractivity contribution < 1.29 is 13.7 Å². The third kappa shape index (κ3) is 3.09. The first-order valence-electron chi connectivity index (χ1n) is 7.28. The first-order chi connectivity index (χ1) is 10.2. The van der Waals surface area contributed by atoms with E-state index in [9.17, 15) is 4.79 Å². The lowest BCUT2D eigenvalue weighted by atomic mass is 10.1. The highest BCUT2D eigenvalue weighted by Gasteiger charge is 2.29. The number of amides is 2. The molecule has 0 bridgehead atoms. The van der Waals surface area contributed by atoms with E-state index < -0.39 is 0 Å². The highest BCUT2D eigenvalue weighted by molar-refractivity contribution is 5.88. The molecule has 0 saturated carbocycles. The maximum atomic E-state index is 12.5. The first kappa shape index (κ1) is 13.7. The number of rotatable bonds is 2. The Morgan fingerprint density at radius 2 is 2.33 bits per heavy atom. The van der Waals surface area contributed by atoms with Crippen LogP contribution in [0.5, 0.6) is 0 Å². The van der Waals surface area contributed by atoms with Gasteiger partial charge in [0.05, 0.1) is 12.3 Å². The van der Waals surface area contributed by atoms with Crippen molar-refractivity contribution in [2.75, 3.05) is 11.9 Å². The zero-order chi connectivity index (χ0) is 14.7. The monoisotopic (exact) mass is 289 g/mol. The van der Waals surface area contributed by atoms with E-state index >= 15 is 0 Å². The van der Waals surface area contributed by atoms with Crippen LogP contribution >= 0.6 is 0 Å². The fourth-order valence-electron chi connectivity index (χ4n) is 2.73. The number of carbonyl (C=O) groups is 1. The number of hydrogen-bond donors (Lipinski definition) is 1. The topological polar surface area (TPSA) is 71.5 Å². The minimum Gasteiger partial charge on any atom is -0.467 e. The lowest BCUT2D eigenvalue weighted by Crippen LogP contribution is -2.38. The molecule has 6 nitrogen and oxygen atoms in total. The molecular formula is C15H19N3O3. The van der Waals surface area contributed by atoms with Crippen LogP contribution in [0.4, 0.5) is 10.6 Å². The van der Waals surface area contributed by atoms with Gasteiger partial charge in [0.1, 0.15) is 11.5 Å². The summed E-state index contributed by atoms with van der Waals surface area (Å²) in [6.07, 6.45) is 5.79. The van der Waals surface area contributed by atoms with Gasteiger partial charge in [-0.2, -0.15) is 0 Å². The number of aryl methyl sites for hydroxylation is 1. The summed E-state index contributed by atoms with van der Waals surface area (Å²) in [5.74, 6) is 1.95. The molecule has 0 radical (unpaired) electrons. The van der Waals surface area contributed by atoms with Gasteiger partial charge in [0, 0.05) is 12.6 Å². The summed E-state index contributed by atoms with van der Waals surface area (Å²) < 4.78 is 10.5. The van der Waals surface area contributed by atoms with E-state index in [4.69, 9.17) is 8.94 Å². The molecule has 1 aliphatic heterocycles. The van der Waals surface area contributed by atoms with Crippen LogP contribution in [0.3, 0.4) is 0 Å². The maximum Gasteiger partial charge on any atom is 0.323 e. The van der Waals surface area contributed by atoms with Gasteiger partial charge in [0.15, 0.2) is 5.82 Å². The van der Waals surface area contributed by atoms with Crippen molar-refractivity contribution in [3.8, 4) is 0 Å². The van der Waals surface area contributed by atoms with E-state index in [1.54, 1.807) is 19.3 Å². The fourth-order valence-corrected chi connectivity index (χ4v) is 2.73. The second-order valence-corrected chi connectivity index (χ2v) is 5.33. The quantitative estimate of drug-likeness (QED) is 0.914. The Morgan fingerprint density at radius 1 is 1.43 bits per heavy atom. The molecule has 0 aromatic carbocycles. The molecule has 1 N–H and O–H groups in total. The Labute approximate surface area is 123 Å². The van der Waals surface area contributed by atoms with Crippen LogP contribution < -0.4 is 5.32 Å². The van der Waals surface area contributed by atoms with Gasteiger partial charge in [0.2, 0.25) is 0 Å². The van der Waals surface area contributed by atoms with Gasteiger partial charge in [-0.3, -0.25) is 5.32 Å². The molecule has 6 heteroatoms. The van der Waals surface area contributed by atoms with Gasteiger partial charge in [-0.05, 0) is 31.9 Å². The summed E-state index contributed by atoms with van der Waals surface area (Å²) in [5, 5.41) is 6.60. The molecule has 1 fully saturated rings. The van der Waals surface area contributed by atoms with Crippen LogP contribution in [0.15, 0.2) is 33.4 Å². The number of likely N-dealkylation sites (tertiary alicyclic amines) is 1. The largest absolute Gasteiger partial charge is 0.467 e. The summed E-state index contributed by atoms with van der Waals surface area (Å²) in [5.41, 5.74) is 0. The molecule has 2 aromatic rings. The standard InChI is InChI=1S/C15H19N3O3/c1-11-10-14(17-21-11)16-15(19)18-8-4-2-3-6-12(18)13-7-5-9-20-13/h5,7,9-10,12H,2-4,6,8H2,1H3,(H,16,17,19)/t12-/m1/s1. The Balaban J connectivity index is 1.77. The van der Waals surface area contributed by atoms with Crippen molar-refractivity contribution in [1.29, 1.82) is 0 Å². The molecule has 0 unspecified atom stereocenters. The predicted octanol–water partition coefficient (Wildman–Crippen LogP) is 3.73. The SMILES string of the molecule is Cc1cc(NC(=O)N2CCCCC[C@@H]2c2ccco2)no1. The predicted molar refractivity (Wildman–Crippen MR) is 76.9 cm³/mol. The van der Waals surface area contributed by atoms with Crippen molar-refractivity contribution in [3.05, 3.63) is 36.0 Å². The Bertz CT molecular complexity index is 591. The molecule has 21 heavy (non-hydrogen) atoms. The summed E-state index contributed by atoms with van der Waals surface area (Å²) in [7, 11) is 0. The number of aromatic nitrogens is 1. The lowest BCUT2D eigenvalue weighted by Gasteiger charge is -2.28. The maximum absolute atomic E-state index is 12.5. The highest BCUT2D eigenvalue weighted by atomic mass is 16.5. The van der Waals surface area contributed by atoms with Crippen molar-refractivity contribution in [2.24, 2.45) is 0 Å². The Hall–Kier alpha value is -2.24. The van der Waals surface area contributed by atoms with Crippen molar-refractivity contribution in [2.45, 2.75) is 38.6 Å². The average molecular weight is 289 g/mol. The zero-order valence-electron chi connectivity index (χ0n) is 12.0. The van der Waals surface area contributed by atoms with Gasteiger partial charge in [-0.1, -0.05) is 18.0 Å². The minimum absolute atomic E-state index is 0.0181. The van der Waals surface area contributed by atoms with Crippen LogP contribution in [0, 0.1) is 6.92 Å². The molecule has 2 aromatic heterocycles. The van der Waals surface area contributed by atoms with E-state index in [0.717, 1.165) is 31.4 Å². The highest BCUT2D eigenvalue weighted by Crippen LogP contribution is 2.30. The number of nitrogens with zero attached hydrogens (tertiary/aromatic N) is 2. The van der Waals surface area contributed by atoms with Crippen LogP contribution in [-0.2, 0) is 0 Å². The normalized spacial score (nSPS) is 19.3. The van der Waals surface area contributed by atoms with Crippen molar-refractivity contribution >= 4 is 11.8 Å².